The smallest absolute Gasteiger partial charge is 0.268 e. The standard InChI is InChI=1S/C14H11NO5S2/c16-14-12-8-4-5-9-13(12)22(19,20)15(14)10-21(17,18)11-6-2-1-3-7-11/h1-9H,10H2. The maximum atomic E-state index is 12.3. The minimum atomic E-state index is -4.13. The first-order valence-corrected chi connectivity index (χ1v) is 9.37. The number of amides is 1. The van der Waals surface area contributed by atoms with E-state index >= 15 is 0 Å². The summed E-state index contributed by atoms with van der Waals surface area (Å²) < 4.78 is 49.7. The summed E-state index contributed by atoms with van der Waals surface area (Å²) in [7, 11) is -8.07. The molecule has 0 atom stereocenters. The third-order valence-electron chi connectivity index (χ3n) is 3.30. The van der Waals surface area contributed by atoms with Crippen LogP contribution in [0.5, 0.6) is 0 Å². The molecule has 0 fully saturated rings. The van der Waals surface area contributed by atoms with Gasteiger partial charge in [0.15, 0.2) is 9.84 Å². The molecule has 0 saturated heterocycles. The Labute approximate surface area is 128 Å². The fourth-order valence-electron chi connectivity index (χ4n) is 2.22. The summed E-state index contributed by atoms with van der Waals surface area (Å²) in [6.45, 7) is 0. The number of hydrogen-bond donors (Lipinski definition) is 0. The van der Waals surface area contributed by atoms with Gasteiger partial charge in [0.05, 0.1) is 10.5 Å². The summed E-state index contributed by atoms with van der Waals surface area (Å²) in [5, 5.41) is 0. The van der Waals surface area contributed by atoms with Gasteiger partial charge in [-0.3, -0.25) is 4.79 Å². The second-order valence-electron chi connectivity index (χ2n) is 4.71. The van der Waals surface area contributed by atoms with E-state index in [-0.39, 0.29) is 15.4 Å². The Morgan fingerprint density at radius 1 is 0.909 bits per heavy atom. The van der Waals surface area contributed by atoms with Crippen molar-refractivity contribution in [3.05, 3.63) is 60.2 Å². The Balaban J connectivity index is 2.03. The predicted octanol–water partition coefficient (Wildman–Crippen LogP) is 1.26. The number of carbonyl (C=O) groups excluding carboxylic acids is 1. The van der Waals surface area contributed by atoms with Crippen molar-refractivity contribution in [3.8, 4) is 0 Å². The Morgan fingerprint density at radius 3 is 2.14 bits per heavy atom. The molecule has 114 valence electrons. The van der Waals surface area contributed by atoms with E-state index in [1.807, 2.05) is 0 Å². The Kier molecular flexibility index (Phi) is 3.30. The summed E-state index contributed by atoms with van der Waals surface area (Å²) in [6, 6.07) is 13.1. The number of sulfone groups is 1. The maximum Gasteiger partial charge on any atom is 0.269 e. The minimum absolute atomic E-state index is 0.00855. The van der Waals surface area contributed by atoms with Crippen molar-refractivity contribution in [3.63, 3.8) is 0 Å². The Hall–Kier alpha value is -2.19. The van der Waals surface area contributed by atoms with Crippen molar-refractivity contribution in [2.75, 3.05) is 5.88 Å². The number of sulfonamides is 1. The SMILES string of the molecule is O=C1c2ccccc2S(=O)(=O)N1CS(=O)(=O)c1ccccc1. The lowest BCUT2D eigenvalue weighted by Crippen LogP contribution is -2.35. The molecule has 0 unspecified atom stereocenters. The van der Waals surface area contributed by atoms with E-state index in [0.29, 0.717) is 4.31 Å². The average molecular weight is 337 g/mol. The van der Waals surface area contributed by atoms with Crippen molar-refractivity contribution in [2.24, 2.45) is 0 Å². The van der Waals surface area contributed by atoms with Crippen molar-refractivity contribution in [1.82, 2.24) is 4.31 Å². The molecule has 0 bridgehead atoms. The lowest BCUT2D eigenvalue weighted by atomic mass is 10.2. The van der Waals surface area contributed by atoms with Crippen molar-refractivity contribution >= 4 is 25.8 Å². The number of fused-ring (bicyclic) bond motifs is 1. The number of nitrogens with zero attached hydrogens (tertiary/aromatic N) is 1. The molecule has 0 aromatic heterocycles. The summed E-state index contributed by atoms with van der Waals surface area (Å²) >= 11 is 0. The van der Waals surface area contributed by atoms with Gasteiger partial charge in [-0.05, 0) is 24.3 Å². The first-order valence-electron chi connectivity index (χ1n) is 6.28. The molecule has 2 aromatic carbocycles. The quantitative estimate of drug-likeness (QED) is 0.841. The largest absolute Gasteiger partial charge is 0.269 e. The third-order valence-corrected chi connectivity index (χ3v) is 6.84. The lowest BCUT2D eigenvalue weighted by Gasteiger charge is -2.15. The van der Waals surface area contributed by atoms with Gasteiger partial charge in [0.25, 0.3) is 15.9 Å². The topological polar surface area (TPSA) is 88.6 Å². The molecule has 3 rings (SSSR count). The lowest BCUT2D eigenvalue weighted by molar-refractivity contribution is 0.0885. The van der Waals surface area contributed by atoms with Gasteiger partial charge in [-0.25, -0.2) is 21.1 Å². The van der Waals surface area contributed by atoms with Gasteiger partial charge in [-0.1, -0.05) is 30.3 Å². The second-order valence-corrected chi connectivity index (χ2v) is 8.50. The normalized spacial score (nSPS) is 16.5. The van der Waals surface area contributed by atoms with Gasteiger partial charge in [0, 0.05) is 0 Å². The second kappa shape index (κ2) is 4.92. The van der Waals surface area contributed by atoms with Gasteiger partial charge in [0.2, 0.25) is 0 Å². The molecule has 6 nitrogen and oxygen atoms in total. The molecule has 8 heteroatoms. The third kappa shape index (κ3) is 2.20. The van der Waals surface area contributed by atoms with E-state index in [1.165, 1.54) is 48.5 Å². The zero-order valence-electron chi connectivity index (χ0n) is 11.2. The molecular weight excluding hydrogens is 326 g/mol. The van der Waals surface area contributed by atoms with Crippen LogP contribution >= 0.6 is 0 Å². The minimum Gasteiger partial charge on any atom is -0.268 e. The number of rotatable bonds is 3. The van der Waals surface area contributed by atoms with Crippen LogP contribution in [0, 0.1) is 0 Å². The van der Waals surface area contributed by atoms with Crippen LogP contribution in [-0.2, 0) is 19.9 Å². The molecule has 1 amide bonds. The first kappa shape index (κ1) is 14.7. The highest BCUT2D eigenvalue weighted by atomic mass is 32.2. The molecule has 0 N–H and O–H groups in total. The van der Waals surface area contributed by atoms with E-state index < -0.39 is 31.6 Å². The highest BCUT2D eigenvalue weighted by Crippen LogP contribution is 2.31. The molecular formula is C14H11NO5S2. The van der Waals surface area contributed by atoms with Gasteiger partial charge in [0.1, 0.15) is 10.8 Å². The van der Waals surface area contributed by atoms with E-state index in [9.17, 15) is 21.6 Å². The van der Waals surface area contributed by atoms with Gasteiger partial charge in [-0.15, -0.1) is 0 Å². The molecule has 0 radical (unpaired) electrons. The highest BCUT2D eigenvalue weighted by molar-refractivity contribution is 7.94. The van der Waals surface area contributed by atoms with Crippen molar-refractivity contribution in [1.29, 1.82) is 0 Å². The molecule has 22 heavy (non-hydrogen) atoms. The van der Waals surface area contributed by atoms with Crippen LogP contribution < -0.4 is 0 Å². The first-order chi connectivity index (χ1) is 10.3. The molecule has 1 aliphatic rings. The maximum absolute atomic E-state index is 12.3. The zero-order chi connectivity index (χ0) is 16.0. The average Bonchev–Trinajstić information content (AvgIpc) is 2.70. The van der Waals surface area contributed by atoms with Crippen LogP contribution in [0.1, 0.15) is 10.4 Å². The van der Waals surface area contributed by atoms with Crippen LogP contribution in [-0.4, -0.2) is 32.9 Å². The Bertz CT molecular complexity index is 950. The summed E-state index contributed by atoms with van der Waals surface area (Å²) in [5.74, 6) is -1.73. The highest BCUT2D eigenvalue weighted by Gasteiger charge is 2.43. The molecule has 1 heterocycles. The van der Waals surface area contributed by atoms with E-state index in [1.54, 1.807) is 6.07 Å². The van der Waals surface area contributed by atoms with Gasteiger partial charge < -0.3 is 0 Å². The van der Waals surface area contributed by atoms with Crippen molar-refractivity contribution in [2.45, 2.75) is 9.79 Å². The van der Waals surface area contributed by atoms with Gasteiger partial charge in [-0.2, -0.15) is 0 Å². The van der Waals surface area contributed by atoms with E-state index in [0.717, 1.165) is 0 Å². The number of benzene rings is 2. The zero-order valence-corrected chi connectivity index (χ0v) is 12.8. The molecule has 0 saturated carbocycles. The molecule has 2 aromatic rings. The number of hydrogen-bond acceptors (Lipinski definition) is 5. The van der Waals surface area contributed by atoms with Gasteiger partial charge >= 0.3 is 0 Å². The molecule has 0 spiro atoms. The van der Waals surface area contributed by atoms with Crippen LogP contribution in [0.15, 0.2) is 64.4 Å². The van der Waals surface area contributed by atoms with E-state index in [2.05, 4.69) is 0 Å². The summed E-state index contributed by atoms with van der Waals surface area (Å²) in [4.78, 5) is 12.0. The van der Waals surface area contributed by atoms with E-state index in [4.69, 9.17) is 0 Å². The van der Waals surface area contributed by atoms with Crippen LogP contribution in [0.4, 0.5) is 0 Å². The van der Waals surface area contributed by atoms with Crippen molar-refractivity contribution < 1.29 is 21.6 Å². The Morgan fingerprint density at radius 2 is 1.50 bits per heavy atom. The fourth-order valence-corrected chi connectivity index (χ4v) is 5.57. The molecule has 1 aliphatic heterocycles. The predicted molar refractivity (Wildman–Crippen MR) is 78.3 cm³/mol. The molecule has 0 aliphatic carbocycles. The monoisotopic (exact) mass is 337 g/mol. The van der Waals surface area contributed by atoms with Crippen LogP contribution in [0.25, 0.3) is 0 Å². The van der Waals surface area contributed by atoms with Crippen LogP contribution in [0.2, 0.25) is 0 Å². The summed E-state index contributed by atoms with van der Waals surface area (Å²) in [6.07, 6.45) is 0. The number of carbonyl (C=O) groups is 1. The van der Waals surface area contributed by atoms with Crippen LogP contribution in [0.3, 0.4) is 0 Å². The summed E-state index contributed by atoms with van der Waals surface area (Å²) in [5.41, 5.74) is -0.00855. The fraction of sp³-hybridized carbons (Fsp3) is 0.0714.